The van der Waals surface area contributed by atoms with Crippen molar-refractivity contribution in [3.8, 4) is 0 Å². The highest BCUT2D eigenvalue weighted by molar-refractivity contribution is 7.89. The SMILES string of the molecule is CCNCc1ccccc1NC(=O)CCN1CCCS1(=O)=O. The summed E-state index contributed by atoms with van der Waals surface area (Å²) >= 11 is 0. The van der Waals surface area contributed by atoms with Crippen LogP contribution in [0.4, 0.5) is 5.69 Å². The number of carbonyl (C=O) groups is 1. The van der Waals surface area contributed by atoms with Gasteiger partial charge in [0.2, 0.25) is 15.9 Å². The molecule has 1 amide bonds. The number of carbonyl (C=O) groups excluding carboxylic acids is 1. The maximum absolute atomic E-state index is 12.1. The molecule has 1 aromatic rings. The highest BCUT2D eigenvalue weighted by atomic mass is 32.2. The van der Waals surface area contributed by atoms with Crippen LogP contribution in [0.15, 0.2) is 24.3 Å². The van der Waals surface area contributed by atoms with Gasteiger partial charge in [-0.15, -0.1) is 0 Å². The van der Waals surface area contributed by atoms with Crippen molar-refractivity contribution in [3.05, 3.63) is 29.8 Å². The molecule has 122 valence electrons. The molecule has 0 bridgehead atoms. The first-order valence-corrected chi connectivity index (χ1v) is 9.20. The monoisotopic (exact) mass is 325 g/mol. The second kappa shape index (κ2) is 7.71. The lowest BCUT2D eigenvalue weighted by molar-refractivity contribution is -0.116. The van der Waals surface area contributed by atoms with E-state index in [9.17, 15) is 13.2 Å². The number of nitrogens with one attached hydrogen (secondary N) is 2. The van der Waals surface area contributed by atoms with Gasteiger partial charge in [-0.2, -0.15) is 0 Å². The molecular formula is C15H23N3O3S. The molecule has 2 N–H and O–H groups in total. The number of hydrogen-bond donors (Lipinski definition) is 2. The number of amides is 1. The van der Waals surface area contributed by atoms with Gasteiger partial charge >= 0.3 is 0 Å². The summed E-state index contributed by atoms with van der Waals surface area (Å²) in [5.41, 5.74) is 1.80. The predicted octanol–water partition coefficient (Wildman–Crippen LogP) is 1.16. The number of sulfonamides is 1. The van der Waals surface area contributed by atoms with E-state index >= 15 is 0 Å². The van der Waals surface area contributed by atoms with Gasteiger partial charge in [-0.1, -0.05) is 25.1 Å². The summed E-state index contributed by atoms with van der Waals surface area (Å²) in [5.74, 6) is 0.0335. The quantitative estimate of drug-likeness (QED) is 0.788. The van der Waals surface area contributed by atoms with Crippen LogP contribution < -0.4 is 10.6 Å². The highest BCUT2D eigenvalue weighted by Gasteiger charge is 2.28. The topological polar surface area (TPSA) is 78.5 Å². The van der Waals surface area contributed by atoms with Gasteiger partial charge in [0, 0.05) is 31.7 Å². The molecule has 1 heterocycles. The molecule has 0 saturated carbocycles. The summed E-state index contributed by atoms with van der Waals surface area (Å²) in [6, 6.07) is 7.62. The number of para-hydroxylation sites is 1. The van der Waals surface area contributed by atoms with E-state index in [0.29, 0.717) is 19.5 Å². The Labute approximate surface area is 131 Å². The zero-order valence-corrected chi connectivity index (χ0v) is 13.7. The van der Waals surface area contributed by atoms with E-state index in [1.54, 1.807) is 0 Å². The minimum atomic E-state index is -3.13. The second-order valence-electron chi connectivity index (χ2n) is 5.30. The Morgan fingerprint density at radius 3 is 2.77 bits per heavy atom. The lowest BCUT2D eigenvalue weighted by Gasteiger charge is -2.15. The number of nitrogens with zero attached hydrogens (tertiary/aromatic N) is 1. The van der Waals surface area contributed by atoms with Crippen molar-refractivity contribution in [2.24, 2.45) is 0 Å². The standard InChI is InChI=1S/C15H23N3O3S/c1-2-16-12-13-6-3-4-7-14(13)17-15(19)8-10-18-9-5-11-22(18,20)21/h3-4,6-7,16H,2,5,8-12H2,1H3,(H,17,19). The van der Waals surface area contributed by atoms with E-state index in [-0.39, 0.29) is 24.6 Å². The summed E-state index contributed by atoms with van der Waals surface area (Å²) in [5, 5.41) is 6.10. The molecule has 1 aliphatic heterocycles. The largest absolute Gasteiger partial charge is 0.326 e. The lowest BCUT2D eigenvalue weighted by atomic mass is 10.1. The van der Waals surface area contributed by atoms with Crippen molar-refractivity contribution in [2.45, 2.75) is 26.3 Å². The third-order valence-electron chi connectivity index (χ3n) is 3.65. The molecule has 1 saturated heterocycles. The molecule has 22 heavy (non-hydrogen) atoms. The third kappa shape index (κ3) is 4.53. The molecule has 0 aliphatic carbocycles. The molecule has 1 fully saturated rings. The fraction of sp³-hybridized carbons (Fsp3) is 0.533. The van der Waals surface area contributed by atoms with Crippen molar-refractivity contribution >= 4 is 21.6 Å². The Morgan fingerprint density at radius 1 is 1.32 bits per heavy atom. The molecule has 0 unspecified atom stereocenters. The molecule has 1 aromatic carbocycles. The summed E-state index contributed by atoms with van der Waals surface area (Å²) in [6.07, 6.45) is 0.824. The number of rotatable bonds is 7. The minimum Gasteiger partial charge on any atom is -0.326 e. The maximum Gasteiger partial charge on any atom is 0.225 e. The summed E-state index contributed by atoms with van der Waals surface area (Å²) in [7, 11) is -3.13. The van der Waals surface area contributed by atoms with E-state index in [4.69, 9.17) is 0 Å². The summed E-state index contributed by atoms with van der Waals surface area (Å²) in [6.45, 7) is 4.34. The van der Waals surface area contributed by atoms with Crippen LogP contribution in [0.1, 0.15) is 25.3 Å². The molecule has 1 aliphatic rings. The van der Waals surface area contributed by atoms with E-state index in [0.717, 1.165) is 17.8 Å². The van der Waals surface area contributed by atoms with Crippen LogP contribution in [0.25, 0.3) is 0 Å². The molecule has 0 atom stereocenters. The smallest absolute Gasteiger partial charge is 0.225 e. The Hall–Kier alpha value is -1.44. The first-order chi connectivity index (χ1) is 10.5. The van der Waals surface area contributed by atoms with Crippen LogP contribution in [0.3, 0.4) is 0 Å². The van der Waals surface area contributed by atoms with E-state index in [1.807, 2.05) is 31.2 Å². The molecule has 2 rings (SSSR count). The number of hydrogen-bond acceptors (Lipinski definition) is 4. The lowest BCUT2D eigenvalue weighted by Crippen LogP contribution is -2.29. The van der Waals surface area contributed by atoms with Gasteiger partial charge in [-0.05, 0) is 24.6 Å². The first-order valence-electron chi connectivity index (χ1n) is 7.59. The maximum atomic E-state index is 12.1. The number of anilines is 1. The predicted molar refractivity (Wildman–Crippen MR) is 87.0 cm³/mol. The van der Waals surface area contributed by atoms with Crippen LogP contribution in [-0.2, 0) is 21.4 Å². The zero-order chi connectivity index (χ0) is 16.0. The first kappa shape index (κ1) is 16.9. The Morgan fingerprint density at radius 2 is 2.09 bits per heavy atom. The molecule has 6 nitrogen and oxygen atoms in total. The average Bonchev–Trinajstić information content (AvgIpc) is 2.83. The fourth-order valence-electron chi connectivity index (χ4n) is 2.44. The van der Waals surface area contributed by atoms with Crippen LogP contribution in [0.5, 0.6) is 0 Å². The van der Waals surface area contributed by atoms with Gasteiger partial charge in [0.05, 0.1) is 5.75 Å². The zero-order valence-electron chi connectivity index (χ0n) is 12.8. The normalized spacial score (nSPS) is 17.5. The van der Waals surface area contributed by atoms with Crippen molar-refractivity contribution in [3.63, 3.8) is 0 Å². The van der Waals surface area contributed by atoms with Gasteiger partial charge in [-0.25, -0.2) is 12.7 Å². The average molecular weight is 325 g/mol. The highest BCUT2D eigenvalue weighted by Crippen LogP contribution is 2.16. The van der Waals surface area contributed by atoms with E-state index in [1.165, 1.54) is 4.31 Å². The minimum absolute atomic E-state index is 0.161. The van der Waals surface area contributed by atoms with E-state index in [2.05, 4.69) is 10.6 Å². The third-order valence-corrected chi connectivity index (χ3v) is 5.60. The Balaban J connectivity index is 1.89. The Bertz CT molecular complexity index is 616. The summed E-state index contributed by atoms with van der Waals surface area (Å²) in [4.78, 5) is 12.1. The van der Waals surface area contributed by atoms with Gasteiger partial charge in [-0.3, -0.25) is 4.79 Å². The van der Waals surface area contributed by atoms with Crippen molar-refractivity contribution in [1.82, 2.24) is 9.62 Å². The van der Waals surface area contributed by atoms with Crippen molar-refractivity contribution in [2.75, 3.05) is 30.7 Å². The second-order valence-corrected chi connectivity index (χ2v) is 7.39. The molecule has 0 spiro atoms. The van der Waals surface area contributed by atoms with Crippen LogP contribution in [-0.4, -0.2) is 44.0 Å². The molecule has 7 heteroatoms. The van der Waals surface area contributed by atoms with Crippen LogP contribution in [0.2, 0.25) is 0 Å². The van der Waals surface area contributed by atoms with Crippen molar-refractivity contribution < 1.29 is 13.2 Å². The summed E-state index contributed by atoms with van der Waals surface area (Å²) < 4.78 is 24.8. The van der Waals surface area contributed by atoms with Gasteiger partial charge in [0.25, 0.3) is 0 Å². The molecular weight excluding hydrogens is 302 g/mol. The van der Waals surface area contributed by atoms with Gasteiger partial charge in [0.1, 0.15) is 0 Å². The van der Waals surface area contributed by atoms with Gasteiger partial charge < -0.3 is 10.6 Å². The van der Waals surface area contributed by atoms with Crippen LogP contribution in [0, 0.1) is 0 Å². The Kier molecular flexibility index (Phi) is 5.93. The van der Waals surface area contributed by atoms with E-state index < -0.39 is 10.0 Å². The van der Waals surface area contributed by atoms with Gasteiger partial charge in [0.15, 0.2) is 0 Å². The van der Waals surface area contributed by atoms with Crippen molar-refractivity contribution in [1.29, 1.82) is 0 Å². The van der Waals surface area contributed by atoms with Crippen LogP contribution >= 0.6 is 0 Å². The number of benzene rings is 1. The fourth-order valence-corrected chi connectivity index (χ4v) is 3.97. The molecule has 0 aromatic heterocycles. The molecule has 0 radical (unpaired) electrons.